The molecule has 0 aliphatic heterocycles. The summed E-state index contributed by atoms with van der Waals surface area (Å²) in [6, 6.07) is 0. The number of hydrogen-bond acceptors (Lipinski definition) is 6. The van der Waals surface area contributed by atoms with Crippen LogP contribution < -0.4 is 11.1 Å². The average molecular weight is 266 g/mol. The Bertz CT molecular complexity index is 170. The van der Waals surface area contributed by atoms with Crippen LogP contribution in [0.25, 0.3) is 0 Å². The molecule has 0 aromatic rings. The van der Waals surface area contributed by atoms with Crippen LogP contribution in [0.15, 0.2) is 0 Å². The number of hydrogen-bond donors (Lipinski definition) is 2. The van der Waals surface area contributed by atoms with Crippen LogP contribution in [0.2, 0.25) is 0 Å². The second-order valence-corrected chi connectivity index (χ2v) is 5.83. The zero-order chi connectivity index (χ0) is 13.0. The third-order valence-electron chi connectivity index (χ3n) is 2.17. The van der Waals surface area contributed by atoms with Crippen molar-refractivity contribution in [3.63, 3.8) is 0 Å². The van der Waals surface area contributed by atoms with Gasteiger partial charge in [-0.1, -0.05) is 0 Å². The van der Waals surface area contributed by atoms with Crippen LogP contribution in [-0.2, 0) is 17.7 Å². The normalized spacial score (nSPS) is 12.0. The summed E-state index contributed by atoms with van der Waals surface area (Å²) in [6.45, 7) is 5.46. The first-order valence-electron chi connectivity index (χ1n) is 6.03. The average Bonchev–Trinajstić information content (AvgIpc) is 2.36. The Morgan fingerprint density at radius 1 is 1.06 bits per heavy atom. The maximum Gasteiger partial charge on any atom is 0.679 e. The molecule has 0 aliphatic carbocycles. The summed E-state index contributed by atoms with van der Waals surface area (Å²) >= 11 is 0. The zero-order valence-corrected chi connectivity index (χ0v) is 12.2. The maximum atomic E-state index is 5.59. The van der Waals surface area contributed by atoms with E-state index in [2.05, 4.69) is 5.32 Å². The zero-order valence-electron chi connectivity index (χ0n) is 11.2. The second-order valence-electron chi connectivity index (χ2n) is 3.44. The fourth-order valence-corrected chi connectivity index (χ4v) is 2.78. The van der Waals surface area contributed by atoms with E-state index in [9.17, 15) is 0 Å². The lowest BCUT2D eigenvalue weighted by Gasteiger charge is -2.24. The molecule has 104 valence electrons. The Kier molecular flexibility index (Phi) is 11.1. The second kappa shape index (κ2) is 11.1. The molecule has 0 unspecified atom stereocenters. The lowest BCUT2D eigenvalue weighted by Crippen LogP contribution is -2.47. The van der Waals surface area contributed by atoms with Crippen molar-refractivity contribution in [1.29, 1.82) is 0 Å². The van der Waals surface area contributed by atoms with E-state index in [-0.39, 0.29) is 0 Å². The topological polar surface area (TPSA) is 75.0 Å². The fourth-order valence-electron chi connectivity index (χ4n) is 1.31. The minimum atomic E-state index is -2.86. The largest absolute Gasteiger partial charge is 0.679 e. The van der Waals surface area contributed by atoms with Gasteiger partial charge in [-0.15, -0.1) is 0 Å². The van der Waals surface area contributed by atoms with Gasteiger partial charge in [-0.25, -0.2) is 0 Å². The van der Waals surface area contributed by atoms with Gasteiger partial charge in [-0.05, 0) is 26.3 Å². The first-order chi connectivity index (χ1) is 8.24. The molecule has 3 N–H and O–H groups in total. The molecule has 0 bridgehead atoms. The van der Waals surface area contributed by atoms with Crippen LogP contribution in [0.1, 0.15) is 19.8 Å². The minimum absolute atomic E-state index is 0.520. The number of nitrogens with one attached hydrogen (secondary N) is 1. The van der Waals surface area contributed by atoms with Gasteiger partial charge in [0.2, 0.25) is 0 Å². The van der Waals surface area contributed by atoms with Crippen LogP contribution in [-0.4, -0.2) is 56.1 Å². The Hall–Kier alpha value is -0.0231. The Labute approximate surface area is 105 Å². The van der Waals surface area contributed by atoms with Crippen molar-refractivity contribution in [3.05, 3.63) is 0 Å². The predicted octanol–water partition coefficient (Wildman–Crippen LogP) is 0.0964. The molecule has 17 heavy (non-hydrogen) atoms. The van der Waals surface area contributed by atoms with Crippen LogP contribution in [0.5, 0.6) is 0 Å². The lowest BCUT2D eigenvalue weighted by molar-refractivity contribution is -0.00662. The van der Waals surface area contributed by atoms with E-state index in [0.717, 1.165) is 25.9 Å². The van der Waals surface area contributed by atoms with Crippen LogP contribution in [0.3, 0.4) is 0 Å². The van der Waals surface area contributed by atoms with E-state index in [1.807, 2.05) is 6.92 Å². The van der Waals surface area contributed by atoms with Gasteiger partial charge in [0, 0.05) is 40.5 Å². The molecule has 0 aromatic carbocycles. The summed E-state index contributed by atoms with van der Waals surface area (Å²) in [5, 5.41) is 3.22. The molecule has 0 aliphatic rings. The summed E-state index contributed by atoms with van der Waals surface area (Å²) in [6.07, 6.45) is 1.97. The van der Waals surface area contributed by atoms with Crippen molar-refractivity contribution in [2.24, 2.45) is 5.73 Å². The molecule has 6 nitrogen and oxygen atoms in total. The quantitative estimate of drug-likeness (QED) is 0.385. The van der Waals surface area contributed by atoms with E-state index in [1.54, 1.807) is 14.2 Å². The third-order valence-corrected chi connectivity index (χ3v) is 4.37. The molecule has 0 fully saturated rings. The Morgan fingerprint density at radius 3 is 2.29 bits per heavy atom. The highest BCUT2D eigenvalue weighted by molar-refractivity contribution is 6.53. The van der Waals surface area contributed by atoms with Gasteiger partial charge in [0.15, 0.2) is 0 Å². The number of nitrogens with two attached hydrogens (primary N) is 1. The highest BCUT2D eigenvalue weighted by Gasteiger charge is 2.42. The summed E-state index contributed by atoms with van der Waals surface area (Å²) in [4.78, 5) is 0. The third kappa shape index (κ3) is 7.82. The molecule has 0 heterocycles. The Balaban J connectivity index is 3.61. The van der Waals surface area contributed by atoms with Crippen molar-refractivity contribution in [1.82, 2.24) is 5.32 Å². The molecule has 0 atom stereocenters. The highest BCUT2D eigenvalue weighted by Crippen LogP contribution is 2.09. The van der Waals surface area contributed by atoms with E-state index < -0.39 is 9.05 Å². The summed E-state index contributed by atoms with van der Waals surface area (Å²) in [5.41, 5.74) is 5.36. The minimum Gasteiger partial charge on any atom is -0.355 e. The van der Waals surface area contributed by atoms with E-state index in [0.29, 0.717) is 19.8 Å². The molecule has 0 amide bonds. The summed E-state index contributed by atoms with van der Waals surface area (Å²) in [7, 11) is 0.240. The fraction of sp³-hybridized carbons (Fsp3) is 1.00. The summed E-state index contributed by atoms with van der Waals surface area (Å²) < 4.78 is 21.4. The highest BCUT2D eigenvalue weighted by atomic mass is 28.4. The van der Waals surface area contributed by atoms with E-state index in [1.165, 1.54) is 0 Å². The van der Waals surface area contributed by atoms with Gasteiger partial charge < -0.3 is 28.8 Å². The van der Waals surface area contributed by atoms with Gasteiger partial charge >= 0.3 is 9.05 Å². The first-order valence-corrected chi connectivity index (χ1v) is 7.67. The summed E-state index contributed by atoms with van der Waals surface area (Å²) in [5.74, 6) is 0. The first kappa shape index (κ1) is 17.0. The molecular formula is C10H26N2O4Si. The molecule has 0 spiro atoms. The van der Waals surface area contributed by atoms with Crippen molar-refractivity contribution in [3.8, 4) is 0 Å². The molecule has 7 heteroatoms. The van der Waals surface area contributed by atoms with Gasteiger partial charge in [0.1, 0.15) is 0 Å². The van der Waals surface area contributed by atoms with Crippen LogP contribution >= 0.6 is 0 Å². The smallest absolute Gasteiger partial charge is 0.355 e. The van der Waals surface area contributed by atoms with Gasteiger partial charge in [-0.2, -0.15) is 0 Å². The Morgan fingerprint density at radius 2 is 1.76 bits per heavy atom. The monoisotopic (exact) mass is 266 g/mol. The SMILES string of the molecule is CCO[Si](OC)(OC)OCCCCNCCN. The van der Waals surface area contributed by atoms with Crippen LogP contribution in [0.4, 0.5) is 0 Å². The number of rotatable bonds is 12. The van der Waals surface area contributed by atoms with Crippen molar-refractivity contribution in [2.75, 3.05) is 47.1 Å². The molecule has 0 radical (unpaired) electrons. The molecule has 0 rings (SSSR count). The molecule has 0 saturated heterocycles. The predicted molar refractivity (Wildman–Crippen MR) is 68.5 cm³/mol. The molecule has 0 aromatic heterocycles. The number of unbranched alkanes of at least 4 members (excludes halogenated alkanes) is 1. The maximum absolute atomic E-state index is 5.59. The van der Waals surface area contributed by atoms with Crippen molar-refractivity contribution >= 4 is 9.05 Å². The lowest BCUT2D eigenvalue weighted by atomic mass is 10.3. The van der Waals surface area contributed by atoms with Gasteiger partial charge in [-0.3, -0.25) is 0 Å². The molecular weight excluding hydrogens is 240 g/mol. The van der Waals surface area contributed by atoms with Crippen molar-refractivity contribution < 1.29 is 17.7 Å². The van der Waals surface area contributed by atoms with E-state index in [4.69, 9.17) is 23.4 Å². The van der Waals surface area contributed by atoms with Crippen molar-refractivity contribution in [2.45, 2.75) is 19.8 Å². The van der Waals surface area contributed by atoms with Gasteiger partial charge in [0.25, 0.3) is 0 Å². The van der Waals surface area contributed by atoms with Gasteiger partial charge in [0.05, 0.1) is 0 Å². The van der Waals surface area contributed by atoms with E-state index >= 15 is 0 Å². The standard InChI is InChI=1S/C10H26N2O4Si/c1-4-15-17(13-2,14-3)16-10-6-5-8-12-9-7-11/h12H,4-11H2,1-3H3. The molecule has 0 saturated carbocycles. The van der Waals surface area contributed by atoms with Crippen LogP contribution in [0, 0.1) is 0 Å².